The van der Waals surface area contributed by atoms with Crippen molar-refractivity contribution in [3.05, 3.63) is 28.3 Å². The summed E-state index contributed by atoms with van der Waals surface area (Å²) in [6.45, 7) is 0.704. The van der Waals surface area contributed by atoms with Crippen LogP contribution in [0.5, 0.6) is 0 Å². The summed E-state index contributed by atoms with van der Waals surface area (Å²) in [6, 6.07) is 3.71. The molecule has 9 heteroatoms. The van der Waals surface area contributed by atoms with Gasteiger partial charge in [-0.25, -0.2) is 12.7 Å². The lowest BCUT2D eigenvalue weighted by Gasteiger charge is -2.19. The molecule has 0 atom stereocenters. The van der Waals surface area contributed by atoms with E-state index in [1.54, 1.807) is 7.05 Å². The van der Waals surface area contributed by atoms with Crippen LogP contribution in [0.25, 0.3) is 0 Å². The molecule has 1 rings (SSSR count). The second-order valence-electron chi connectivity index (χ2n) is 4.36. The molecule has 0 aliphatic rings. The van der Waals surface area contributed by atoms with Crippen LogP contribution < -0.4 is 5.32 Å². The molecule has 0 aliphatic heterocycles. The van der Waals surface area contributed by atoms with Gasteiger partial charge in [0.25, 0.3) is 5.69 Å². The van der Waals surface area contributed by atoms with Gasteiger partial charge >= 0.3 is 0 Å². The number of anilines is 1. The maximum absolute atomic E-state index is 12.5. The van der Waals surface area contributed by atoms with Crippen molar-refractivity contribution in [2.45, 2.75) is 11.3 Å². The van der Waals surface area contributed by atoms with Crippen LogP contribution in [0.3, 0.4) is 0 Å². The van der Waals surface area contributed by atoms with Crippen molar-refractivity contribution >= 4 is 21.4 Å². The van der Waals surface area contributed by atoms with Crippen molar-refractivity contribution in [1.29, 1.82) is 0 Å². The van der Waals surface area contributed by atoms with E-state index in [1.807, 2.05) is 0 Å². The molecule has 1 aromatic rings. The Bertz CT molecular complexity index is 603. The number of nitrogens with zero attached hydrogens (tertiary/aromatic N) is 2. The van der Waals surface area contributed by atoms with Gasteiger partial charge in [0.15, 0.2) is 0 Å². The summed E-state index contributed by atoms with van der Waals surface area (Å²) < 4.78 is 31.0. The van der Waals surface area contributed by atoms with Crippen LogP contribution in [0.2, 0.25) is 0 Å². The van der Waals surface area contributed by atoms with Crippen LogP contribution in [-0.4, -0.2) is 52.0 Å². The van der Waals surface area contributed by atoms with E-state index in [4.69, 9.17) is 4.74 Å². The second kappa shape index (κ2) is 7.34. The van der Waals surface area contributed by atoms with Crippen molar-refractivity contribution in [3.8, 4) is 0 Å². The van der Waals surface area contributed by atoms with E-state index in [1.165, 1.54) is 26.3 Å². The molecule has 0 amide bonds. The fourth-order valence-electron chi connectivity index (χ4n) is 1.76. The van der Waals surface area contributed by atoms with E-state index < -0.39 is 14.9 Å². The normalized spacial score (nSPS) is 11.6. The summed E-state index contributed by atoms with van der Waals surface area (Å²) in [7, 11) is 0.723. The standard InChI is InChI=1S/C12H19N3O5S/c1-13-11-6-5-10(15(16)17)9-12(11)21(18,19)14(2)7-4-8-20-3/h5-6,9,13H,4,7-8H2,1-3H3. The molecule has 0 aromatic heterocycles. The van der Waals surface area contributed by atoms with E-state index in [-0.39, 0.29) is 17.1 Å². The van der Waals surface area contributed by atoms with Crippen LogP contribution in [-0.2, 0) is 14.8 Å². The smallest absolute Gasteiger partial charge is 0.270 e. The first kappa shape index (κ1) is 17.3. The largest absolute Gasteiger partial charge is 0.387 e. The number of nitro groups is 1. The molecule has 1 aromatic carbocycles. The molecule has 118 valence electrons. The molecule has 0 fully saturated rings. The zero-order chi connectivity index (χ0) is 16.0. The molecule has 0 radical (unpaired) electrons. The molecule has 1 N–H and O–H groups in total. The van der Waals surface area contributed by atoms with Crippen LogP contribution in [0, 0.1) is 10.1 Å². The highest BCUT2D eigenvalue weighted by atomic mass is 32.2. The number of nitrogens with one attached hydrogen (secondary N) is 1. The number of benzene rings is 1. The molecule has 0 aliphatic carbocycles. The van der Waals surface area contributed by atoms with Gasteiger partial charge in [0, 0.05) is 46.5 Å². The number of hydrogen-bond acceptors (Lipinski definition) is 6. The number of hydrogen-bond donors (Lipinski definition) is 1. The SMILES string of the molecule is CNc1ccc([N+](=O)[O-])cc1S(=O)(=O)N(C)CCCOC. The lowest BCUT2D eigenvalue weighted by Crippen LogP contribution is -2.29. The summed E-state index contributed by atoms with van der Waals surface area (Å²) in [4.78, 5) is 10.1. The third kappa shape index (κ3) is 4.13. The Labute approximate surface area is 123 Å². The fraction of sp³-hybridized carbons (Fsp3) is 0.500. The zero-order valence-electron chi connectivity index (χ0n) is 12.2. The van der Waals surface area contributed by atoms with Crippen molar-refractivity contribution in [2.24, 2.45) is 0 Å². The van der Waals surface area contributed by atoms with E-state index in [2.05, 4.69) is 5.32 Å². The summed E-state index contributed by atoms with van der Waals surface area (Å²) in [6.07, 6.45) is 0.538. The molecule has 0 saturated carbocycles. The molecule has 0 heterocycles. The third-order valence-electron chi connectivity index (χ3n) is 2.96. The van der Waals surface area contributed by atoms with E-state index >= 15 is 0 Å². The van der Waals surface area contributed by atoms with Gasteiger partial charge in [0.2, 0.25) is 10.0 Å². The van der Waals surface area contributed by atoms with Gasteiger partial charge in [-0.15, -0.1) is 0 Å². The minimum Gasteiger partial charge on any atom is -0.387 e. The highest BCUT2D eigenvalue weighted by molar-refractivity contribution is 7.89. The number of nitro benzene ring substituents is 1. The minimum absolute atomic E-state index is 0.112. The van der Waals surface area contributed by atoms with Gasteiger partial charge in [-0.3, -0.25) is 10.1 Å². The topological polar surface area (TPSA) is 102 Å². The van der Waals surface area contributed by atoms with Crippen LogP contribution in [0.1, 0.15) is 6.42 Å². The summed E-state index contributed by atoms with van der Waals surface area (Å²) >= 11 is 0. The van der Waals surface area contributed by atoms with E-state index in [0.717, 1.165) is 10.4 Å². The lowest BCUT2D eigenvalue weighted by molar-refractivity contribution is -0.385. The van der Waals surface area contributed by atoms with Gasteiger partial charge in [-0.05, 0) is 12.5 Å². The van der Waals surface area contributed by atoms with Gasteiger partial charge in [0.1, 0.15) is 4.90 Å². The predicted molar refractivity (Wildman–Crippen MR) is 79.0 cm³/mol. The molecule has 0 spiro atoms. The maximum atomic E-state index is 12.5. The Morgan fingerprint density at radius 1 is 1.43 bits per heavy atom. The van der Waals surface area contributed by atoms with E-state index in [9.17, 15) is 18.5 Å². The summed E-state index contributed by atoms with van der Waals surface area (Å²) in [5, 5.41) is 13.6. The summed E-state index contributed by atoms with van der Waals surface area (Å²) in [5.41, 5.74) is 0.0528. The Hall–Kier alpha value is -1.71. The molecule has 0 unspecified atom stereocenters. The number of rotatable bonds is 8. The van der Waals surface area contributed by atoms with Gasteiger partial charge in [-0.1, -0.05) is 0 Å². The summed E-state index contributed by atoms with van der Waals surface area (Å²) in [5.74, 6) is 0. The Balaban J connectivity index is 3.16. The Morgan fingerprint density at radius 2 is 2.10 bits per heavy atom. The first-order chi connectivity index (χ1) is 9.84. The number of ether oxygens (including phenoxy) is 1. The van der Waals surface area contributed by atoms with Crippen molar-refractivity contribution < 1.29 is 18.1 Å². The first-order valence-corrected chi connectivity index (χ1v) is 7.70. The lowest BCUT2D eigenvalue weighted by atomic mass is 10.3. The molecular weight excluding hydrogens is 298 g/mol. The monoisotopic (exact) mass is 317 g/mol. The molecule has 0 saturated heterocycles. The van der Waals surface area contributed by atoms with Crippen molar-refractivity contribution in [2.75, 3.05) is 39.7 Å². The van der Waals surface area contributed by atoms with Crippen molar-refractivity contribution in [3.63, 3.8) is 0 Å². The van der Waals surface area contributed by atoms with Crippen LogP contribution >= 0.6 is 0 Å². The fourth-order valence-corrected chi connectivity index (χ4v) is 3.19. The van der Waals surface area contributed by atoms with E-state index in [0.29, 0.717) is 18.7 Å². The minimum atomic E-state index is -3.81. The number of methoxy groups -OCH3 is 1. The third-order valence-corrected chi connectivity index (χ3v) is 4.85. The van der Waals surface area contributed by atoms with Gasteiger partial charge in [0.05, 0.1) is 10.6 Å². The average Bonchev–Trinajstić information content (AvgIpc) is 2.46. The molecule has 8 nitrogen and oxygen atoms in total. The highest BCUT2D eigenvalue weighted by Crippen LogP contribution is 2.28. The number of non-ortho nitro benzene ring substituents is 1. The number of sulfonamides is 1. The maximum Gasteiger partial charge on any atom is 0.270 e. The molecular formula is C12H19N3O5S. The highest BCUT2D eigenvalue weighted by Gasteiger charge is 2.26. The van der Waals surface area contributed by atoms with Crippen LogP contribution in [0.15, 0.2) is 23.1 Å². The first-order valence-electron chi connectivity index (χ1n) is 6.26. The Kier molecular flexibility index (Phi) is 6.06. The predicted octanol–water partition coefficient (Wildman–Crippen LogP) is 1.29. The molecule has 21 heavy (non-hydrogen) atoms. The van der Waals surface area contributed by atoms with Gasteiger partial charge < -0.3 is 10.1 Å². The average molecular weight is 317 g/mol. The Morgan fingerprint density at radius 3 is 2.62 bits per heavy atom. The van der Waals surface area contributed by atoms with Crippen LogP contribution in [0.4, 0.5) is 11.4 Å². The molecule has 0 bridgehead atoms. The zero-order valence-corrected chi connectivity index (χ0v) is 13.0. The van der Waals surface area contributed by atoms with Crippen molar-refractivity contribution in [1.82, 2.24) is 4.31 Å². The quantitative estimate of drug-likeness (QED) is 0.440. The second-order valence-corrected chi connectivity index (χ2v) is 6.37. The van der Waals surface area contributed by atoms with Gasteiger partial charge in [-0.2, -0.15) is 0 Å².